The highest BCUT2D eigenvalue weighted by Crippen LogP contribution is 2.23. The molecule has 1 saturated heterocycles. The number of carbonyl (C=O) groups is 3. The van der Waals surface area contributed by atoms with Gasteiger partial charge in [-0.05, 0) is 12.3 Å². The Morgan fingerprint density at radius 1 is 1.56 bits per heavy atom. The van der Waals surface area contributed by atoms with E-state index in [-0.39, 0.29) is 18.4 Å². The van der Waals surface area contributed by atoms with Gasteiger partial charge in [0.2, 0.25) is 12.3 Å². The van der Waals surface area contributed by atoms with E-state index in [0.29, 0.717) is 19.4 Å². The van der Waals surface area contributed by atoms with Crippen molar-refractivity contribution >= 4 is 18.3 Å². The van der Waals surface area contributed by atoms with Crippen LogP contribution in [0.5, 0.6) is 0 Å². The van der Waals surface area contributed by atoms with Gasteiger partial charge in [0.25, 0.3) is 0 Å². The summed E-state index contributed by atoms with van der Waals surface area (Å²) in [6, 6.07) is -0.513. The van der Waals surface area contributed by atoms with Gasteiger partial charge in [0.15, 0.2) is 0 Å². The summed E-state index contributed by atoms with van der Waals surface area (Å²) >= 11 is 0. The maximum absolute atomic E-state index is 11.7. The fourth-order valence-electron chi connectivity index (χ4n) is 1.91. The highest BCUT2D eigenvalue weighted by molar-refractivity contribution is 5.87. The molecule has 0 unspecified atom stereocenters. The number of hydrogen-bond donors (Lipinski definition) is 1. The molecular weight excluding hydrogens is 212 g/mol. The first-order valence-corrected chi connectivity index (χ1v) is 5.14. The van der Waals surface area contributed by atoms with Gasteiger partial charge >= 0.3 is 5.97 Å². The number of carbonyl (C=O) groups excluding carboxylic acids is 3. The molecule has 0 bridgehead atoms. The summed E-state index contributed by atoms with van der Waals surface area (Å²) < 4.78 is 4.64. The van der Waals surface area contributed by atoms with E-state index < -0.39 is 12.0 Å². The van der Waals surface area contributed by atoms with Crippen LogP contribution in [0.4, 0.5) is 0 Å². The third-order valence-electron chi connectivity index (χ3n) is 2.64. The van der Waals surface area contributed by atoms with E-state index in [0.717, 1.165) is 0 Å². The molecule has 16 heavy (non-hydrogen) atoms. The fourth-order valence-corrected chi connectivity index (χ4v) is 1.91. The molecule has 0 radical (unpaired) electrons. The first kappa shape index (κ1) is 12.5. The van der Waals surface area contributed by atoms with Gasteiger partial charge in [-0.3, -0.25) is 9.59 Å². The van der Waals surface area contributed by atoms with Crippen molar-refractivity contribution in [2.24, 2.45) is 5.92 Å². The van der Waals surface area contributed by atoms with Gasteiger partial charge in [0, 0.05) is 6.54 Å². The first-order chi connectivity index (χ1) is 7.60. The van der Waals surface area contributed by atoms with E-state index in [1.54, 1.807) is 0 Å². The van der Waals surface area contributed by atoms with E-state index in [1.165, 1.54) is 12.0 Å². The highest BCUT2D eigenvalue weighted by atomic mass is 16.5. The van der Waals surface area contributed by atoms with Crippen LogP contribution < -0.4 is 5.32 Å². The largest absolute Gasteiger partial charge is 0.467 e. The predicted molar refractivity (Wildman–Crippen MR) is 55.4 cm³/mol. The Morgan fingerprint density at radius 3 is 2.81 bits per heavy atom. The maximum atomic E-state index is 11.7. The number of nitrogens with one attached hydrogen (secondary N) is 1. The molecule has 2 atom stereocenters. The number of likely N-dealkylation sites (tertiary alicyclic amines) is 1. The minimum atomic E-state index is -0.513. The third-order valence-corrected chi connectivity index (χ3v) is 2.64. The Morgan fingerprint density at radius 2 is 2.25 bits per heavy atom. The fraction of sp³-hybridized carbons (Fsp3) is 0.700. The van der Waals surface area contributed by atoms with Gasteiger partial charge in [-0.1, -0.05) is 6.92 Å². The van der Waals surface area contributed by atoms with Crippen LogP contribution in [0.25, 0.3) is 0 Å². The van der Waals surface area contributed by atoms with Crippen molar-refractivity contribution in [3.05, 3.63) is 0 Å². The lowest BCUT2D eigenvalue weighted by Gasteiger charge is -2.22. The van der Waals surface area contributed by atoms with Crippen LogP contribution in [0.2, 0.25) is 0 Å². The van der Waals surface area contributed by atoms with E-state index >= 15 is 0 Å². The summed E-state index contributed by atoms with van der Waals surface area (Å²) in [6.07, 6.45) is 1.07. The molecule has 1 N–H and O–H groups in total. The molecule has 1 fully saturated rings. The molecule has 0 aliphatic carbocycles. The van der Waals surface area contributed by atoms with E-state index in [1.807, 2.05) is 6.92 Å². The molecule has 1 heterocycles. The number of esters is 1. The molecule has 1 aliphatic heterocycles. The molecule has 0 aromatic carbocycles. The molecule has 90 valence electrons. The molecule has 0 aromatic rings. The molecule has 1 aliphatic rings. The normalized spacial score (nSPS) is 24.0. The number of ether oxygens (including phenoxy) is 1. The molecule has 6 nitrogen and oxygen atoms in total. The Kier molecular flexibility index (Phi) is 4.28. The van der Waals surface area contributed by atoms with Crippen molar-refractivity contribution in [2.45, 2.75) is 19.4 Å². The lowest BCUT2D eigenvalue weighted by molar-refractivity contribution is -0.150. The predicted octanol–water partition coefficient (Wildman–Crippen LogP) is -0.858. The summed E-state index contributed by atoms with van der Waals surface area (Å²) in [5.41, 5.74) is 0. The quantitative estimate of drug-likeness (QED) is 0.502. The standard InChI is InChI=1S/C10H16N2O4/c1-7-3-8(10(15)16-2)12(5-7)9(14)4-11-6-13/h6-8H,3-5H2,1-2H3,(H,11,13)/t7-,8+/m1/s1. The number of nitrogens with zero attached hydrogens (tertiary/aromatic N) is 1. The van der Waals surface area contributed by atoms with Crippen LogP contribution in [0.15, 0.2) is 0 Å². The van der Waals surface area contributed by atoms with Gasteiger partial charge in [0.1, 0.15) is 6.04 Å². The number of hydrogen-bond acceptors (Lipinski definition) is 4. The van der Waals surface area contributed by atoms with Crippen LogP contribution in [0, 0.1) is 5.92 Å². The lowest BCUT2D eigenvalue weighted by Crippen LogP contribution is -2.44. The second kappa shape index (κ2) is 5.48. The summed E-state index contributed by atoms with van der Waals surface area (Å²) in [7, 11) is 1.30. The van der Waals surface area contributed by atoms with Gasteiger partial charge in [0.05, 0.1) is 13.7 Å². The SMILES string of the molecule is COC(=O)[C@@H]1C[C@@H](C)CN1C(=O)CNC=O. The summed E-state index contributed by atoms with van der Waals surface area (Å²) in [5.74, 6) is -0.389. The van der Waals surface area contributed by atoms with Gasteiger partial charge in [-0.15, -0.1) is 0 Å². The van der Waals surface area contributed by atoms with Crippen LogP contribution >= 0.6 is 0 Å². The van der Waals surface area contributed by atoms with Crippen molar-refractivity contribution in [1.82, 2.24) is 10.2 Å². The molecule has 2 amide bonds. The van der Waals surface area contributed by atoms with E-state index in [2.05, 4.69) is 10.1 Å². The zero-order chi connectivity index (χ0) is 12.1. The average Bonchev–Trinajstić information content (AvgIpc) is 2.67. The Bertz CT molecular complexity index is 293. The van der Waals surface area contributed by atoms with Gasteiger partial charge in [-0.2, -0.15) is 0 Å². The topological polar surface area (TPSA) is 75.7 Å². The van der Waals surface area contributed by atoms with Crippen molar-refractivity contribution in [3.8, 4) is 0 Å². The summed E-state index contributed by atoms with van der Waals surface area (Å²) in [4.78, 5) is 34.7. The van der Waals surface area contributed by atoms with Crippen LogP contribution in [0.1, 0.15) is 13.3 Å². The number of amides is 2. The van der Waals surface area contributed by atoms with E-state index in [9.17, 15) is 14.4 Å². The second-order valence-corrected chi connectivity index (χ2v) is 3.92. The summed E-state index contributed by atoms with van der Waals surface area (Å²) in [5, 5.41) is 2.29. The summed E-state index contributed by atoms with van der Waals surface area (Å²) in [6.45, 7) is 2.42. The lowest BCUT2D eigenvalue weighted by atomic mass is 10.1. The molecule has 0 saturated carbocycles. The minimum Gasteiger partial charge on any atom is -0.467 e. The van der Waals surface area contributed by atoms with Crippen LogP contribution in [0.3, 0.4) is 0 Å². The molecule has 0 aromatic heterocycles. The van der Waals surface area contributed by atoms with Crippen LogP contribution in [-0.4, -0.2) is 49.4 Å². The number of rotatable bonds is 4. The van der Waals surface area contributed by atoms with Gasteiger partial charge in [-0.25, -0.2) is 4.79 Å². The zero-order valence-corrected chi connectivity index (χ0v) is 9.43. The monoisotopic (exact) mass is 228 g/mol. The van der Waals surface area contributed by atoms with E-state index in [4.69, 9.17) is 0 Å². The Labute approximate surface area is 93.9 Å². The first-order valence-electron chi connectivity index (χ1n) is 5.14. The van der Waals surface area contributed by atoms with Gasteiger partial charge < -0.3 is 15.0 Å². The van der Waals surface area contributed by atoms with Crippen molar-refractivity contribution < 1.29 is 19.1 Å². The number of methoxy groups -OCH3 is 1. The Hall–Kier alpha value is -1.59. The maximum Gasteiger partial charge on any atom is 0.328 e. The smallest absolute Gasteiger partial charge is 0.328 e. The minimum absolute atomic E-state index is 0.0796. The highest BCUT2D eigenvalue weighted by Gasteiger charge is 2.38. The van der Waals surface area contributed by atoms with Crippen LogP contribution in [-0.2, 0) is 19.1 Å². The van der Waals surface area contributed by atoms with Crippen molar-refractivity contribution in [1.29, 1.82) is 0 Å². The average molecular weight is 228 g/mol. The van der Waals surface area contributed by atoms with Crippen molar-refractivity contribution in [3.63, 3.8) is 0 Å². The molecule has 6 heteroatoms. The molecule has 1 rings (SSSR count). The second-order valence-electron chi connectivity index (χ2n) is 3.92. The zero-order valence-electron chi connectivity index (χ0n) is 9.43. The third kappa shape index (κ3) is 2.71. The van der Waals surface area contributed by atoms with Crippen molar-refractivity contribution in [2.75, 3.05) is 20.2 Å². The molecular formula is C10H16N2O4. The molecule has 0 spiro atoms. The Balaban J connectivity index is 2.65.